The highest BCUT2D eigenvalue weighted by molar-refractivity contribution is 5.94. The topological polar surface area (TPSA) is 91.0 Å². The van der Waals surface area contributed by atoms with Crippen LogP contribution in [0.25, 0.3) is 0 Å². The van der Waals surface area contributed by atoms with Gasteiger partial charge in [-0.1, -0.05) is 13.8 Å². The van der Waals surface area contributed by atoms with Crippen LogP contribution in [0.4, 0.5) is 0 Å². The highest BCUT2D eigenvalue weighted by Crippen LogP contribution is 2.15. The Morgan fingerprint density at radius 1 is 1.37 bits per heavy atom. The van der Waals surface area contributed by atoms with Crippen molar-refractivity contribution in [3.8, 4) is 5.75 Å². The number of aryl methyl sites for hydroxylation is 2. The third-order valence-corrected chi connectivity index (χ3v) is 4.88. The van der Waals surface area contributed by atoms with Crippen molar-refractivity contribution in [1.82, 2.24) is 24.6 Å². The van der Waals surface area contributed by atoms with Crippen LogP contribution in [-0.2, 0) is 19.5 Å². The first-order valence-electron chi connectivity index (χ1n) is 9.44. The Kier molecular flexibility index (Phi) is 5.93. The Bertz CT molecular complexity index is 855. The van der Waals surface area contributed by atoms with Crippen LogP contribution in [0.2, 0.25) is 0 Å². The maximum absolute atomic E-state index is 12.6. The molecule has 1 aliphatic heterocycles. The van der Waals surface area contributed by atoms with Gasteiger partial charge in [-0.15, -0.1) is 0 Å². The number of nitrogens with zero attached hydrogens (tertiary/aromatic N) is 4. The molecular formula is C19H27N5O3. The quantitative estimate of drug-likeness (QED) is 0.831. The highest BCUT2D eigenvalue weighted by Gasteiger charge is 2.22. The molecule has 1 unspecified atom stereocenters. The molecule has 1 amide bonds. The smallest absolute Gasteiger partial charge is 0.345 e. The molecule has 0 bridgehead atoms. The van der Waals surface area contributed by atoms with Gasteiger partial charge in [0.1, 0.15) is 11.6 Å². The van der Waals surface area contributed by atoms with Crippen LogP contribution < -0.4 is 15.7 Å². The Morgan fingerprint density at radius 3 is 2.93 bits per heavy atom. The number of hydrogen-bond donors (Lipinski definition) is 1. The normalized spacial score (nSPS) is 16.7. The van der Waals surface area contributed by atoms with E-state index in [1.807, 2.05) is 0 Å². The lowest BCUT2D eigenvalue weighted by molar-refractivity contribution is 0.0932. The number of fused-ring (bicyclic) bond motifs is 1. The maximum atomic E-state index is 12.6. The minimum Gasteiger partial charge on any atom is -0.495 e. The van der Waals surface area contributed by atoms with Crippen molar-refractivity contribution in [1.29, 1.82) is 0 Å². The fourth-order valence-electron chi connectivity index (χ4n) is 3.22. The summed E-state index contributed by atoms with van der Waals surface area (Å²) in [7, 11) is 1.54. The van der Waals surface area contributed by atoms with Crippen LogP contribution >= 0.6 is 0 Å². The van der Waals surface area contributed by atoms with Crippen molar-refractivity contribution >= 4 is 5.91 Å². The maximum Gasteiger partial charge on any atom is 0.345 e. The highest BCUT2D eigenvalue weighted by atomic mass is 16.5. The fourth-order valence-corrected chi connectivity index (χ4v) is 3.22. The summed E-state index contributed by atoms with van der Waals surface area (Å²) in [6.45, 7) is 5.49. The lowest BCUT2D eigenvalue weighted by atomic mass is 10.1. The van der Waals surface area contributed by atoms with Crippen molar-refractivity contribution in [2.24, 2.45) is 5.92 Å². The second-order valence-electron chi connectivity index (χ2n) is 7.37. The number of pyridine rings is 1. The number of aromatic nitrogens is 4. The van der Waals surface area contributed by atoms with Crippen molar-refractivity contribution in [2.75, 3.05) is 7.11 Å². The average molecular weight is 373 g/mol. The average Bonchev–Trinajstić information content (AvgIpc) is 2.83. The minimum absolute atomic E-state index is 0.00563. The van der Waals surface area contributed by atoms with Crippen LogP contribution in [-0.4, -0.2) is 38.4 Å². The van der Waals surface area contributed by atoms with E-state index in [4.69, 9.17) is 4.74 Å². The lowest BCUT2D eigenvalue weighted by Gasteiger charge is -2.16. The first kappa shape index (κ1) is 19.1. The summed E-state index contributed by atoms with van der Waals surface area (Å²) in [5.41, 5.74) is 0.419. The van der Waals surface area contributed by atoms with E-state index in [1.54, 1.807) is 28.6 Å². The molecule has 0 saturated heterocycles. The van der Waals surface area contributed by atoms with Gasteiger partial charge >= 0.3 is 5.69 Å². The van der Waals surface area contributed by atoms with Gasteiger partial charge in [0.15, 0.2) is 0 Å². The van der Waals surface area contributed by atoms with Crippen LogP contribution in [0, 0.1) is 5.92 Å². The fraction of sp³-hybridized carbons (Fsp3) is 0.579. The molecule has 146 valence electrons. The van der Waals surface area contributed by atoms with Crippen molar-refractivity contribution in [2.45, 2.75) is 58.7 Å². The molecule has 1 N–H and O–H groups in total. The summed E-state index contributed by atoms with van der Waals surface area (Å²) in [5.74, 6) is 1.71. The van der Waals surface area contributed by atoms with E-state index in [9.17, 15) is 9.59 Å². The third-order valence-electron chi connectivity index (χ3n) is 4.88. The molecule has 3 heterocycles. The number of carbonyl (C=O) groups excluding carboxylic acids is 1. The summed E-state index contributed by atoms with van der Waals surface area (Å²) in [5, 5.41) is 7.55. The van der Waals surface area contributed by atoms with Crippen LogP contribution in [0.3, 0.4) is 0 Å². The summed E-state index contributed by atoms with van der Waals surface area (Å²) in [6, 6.07) is 1.66. The van der Waals surface area contributed by atoms with Gasteiger partial charge in [0.2, 0.25) is 0 Å². The van der Waals surface area contributed by atoms with E-state index < -0.39 is 0 Å². The van der Waals surface area contributed by atoms with E-state index in [0.29, 0.717) is 43.2 Å². The Hall–Kier alpha value is -2.64. The molecule has 0 spiro atoms. The lowest BCUT2D eigenvalue weighted by Crippen LogP contribution is -2.36. The van der Waals surface area contributed by atoms with Crippen LogP contribution in [0.5, 0.6) is 5.75 Å². The second kappa shape index (κ2) is 8.37. The standard InChI is InChI=1S/C19H27N5O3/c1-13(2)6-9-24-19(26)23-8-7-15(4-5-17(23)22-24)21-18(25)14-10-16(27-3)12-20-11-14/h10-13,15H,4-9H2,1-3H3,(H,21,25). The molecule has 8 heteroatoms. The molecule has 27 heavy (non-hydrogen) atoms. The molecule has 1 aliphatic rings. The molecule has 0 fully saturated rings. The SMILES string of the molecule is COc1cncc(C(=O)NC2CCc3nn(CCC(C)C)c(=O)n3CC2)c1. The Balaban J connectivity index is 1.63. The summed E-state index contributed by atoms with van der Waals surface area (Å²) in [4.78, 5) is 29.1. The first-order valence-corrected chi connectivity index (χ1v) is 9.44. The summed E-state index contributed by atoms with van der Waals surface area (Å²) >= 11 is 0. The largest absolute Gasteiger partial charge is 0.495 e. The molecule has 8 nitrogen and oxygen atoms in total. The van der Waals surface area contributed by atoms with Crippen molar-refractivity contribution in [3.63, 3.8) is 0 Å². The Morgan fingerprint density at radius 2 is 2.19 bits per heavy atom. The van der Waals surface area contributed by atoms with E-state index in [-0.39, 0.29) is 17.6 Å². The van der Waals surface area contributed by atoms with E-state index in [2.05, 4.69) is 29.2 Å². The Labute approximate surface area is 158 Å². The molecule has 0 aromatic carbocycles. The zero-order valence-corrected chi connectivity index (χ0v) is 16.1. The van der Waals surface area contributed by atoms with Gasteiger partial charge in [-0.05, 0) is 31.2 Å². The number of amides is 1. The van der Waals surface area contributed by atoms with Gasteiger partial charge in [0, 0.05) is 31.7 Å². The summed E-state index contributed by atoms with van der Waals surface area (Å²) in [6.07, 6.45) is 6.14. The number of hydrogen-bond acceptors (Lipinski definition) is 5. The van der Waals surface area contributed by atoms with Crippen molar-refractivity contribution in [3.05, 3.63) is 40.3 Å². The number of methoxy groups -OCH3 is 1. The van der Waals surface area contributed by atoms with Gasteiger partial charge in [-0.25, -0.2) is 9.48 Å². The monoisotopic (exact) mass is 373 g/mol. The van der Waals surface area contributed by atoms with Gasteiger partial charge in [0.25, 0.3) is 5.91 Å². The number of nitrogens with one attached hydrogen (secondary N) is 1. The van der Waals surface area contributed by atoms with E-state index >= 15 is 0 Å². The molecule has 2 aromatic rings. The molecule has 1 atom stereocenters. The minimum atomic E-state index is -0.180. The van der Waals surface area contributed by atoms with Gasteiger partial charge in [-0.3, -0.25) is 14.3 Å². The third kappa shape index (κ3) is 4.56. The van der Waals surface area contributed by atoms with Crippen molar-refractivity contribution < 1.29 is 9.53 Å². The molecule has 0 aliphatic carbocycles. The second-order valence-corrected chi connectivity index (χ2v) is 7.37. The first-order chi connectivity index (χ1) is 13.0. The predicted molar refractivity (Wildman–Crippen MR) is 101 cm³/mol. The van der Waals surface area contributed by atoms with E-state index in [1.165, 1.54) is 6.20 Å². The zero-order valence-electron chi connectivity index (χ0n) is 16.1. The van der Waals surface area contributed by atoms with Crippen LogP contribution in [0.1, 0.15) is 49.3 Å². The summed E-state index contributed by atoms with van der Waals surface area (Å²) < 4.78 is 8.44. The molecule has 2 aromatic heterocycles. The molecule has 0 saturated carbocycles. The number of ether oxygens (including phenoxy) is 1. The van der Waals surface area contributed by atoms with Gasteiger partial charge in [-0.2, -0.15) is 5.10 Å². The van der Waals surface area contributed by atoms with Gasteiger partial charge in [0.05, 0.1) is 18.9 Å². The van der Waals surface area contributed by atoms with Crippen LogP contribution in [0.15, 0.2) is 23.3 Å². The number of carbonyl (C=O) groups is 1. The molecule has 0 radical (unpaired) electrons. The zero-order chi connectivity index (χ0) is 19.4. The van der Waals surface area contributed by atoms with E-state index in [0.717, 1.165) is 18.7 Å². The molecule has 3 rings (SSSR count). The molecular weight excluding hydrogens is 346 g/mol. The van der Waals surface area contributed by atoms with Gasteiger partial charge < -0.3 is 10.1 Å². The number of rotatable bonds is 6. The predicted octanol–water partition coefficient (Wildman–Crippen LogP) is 1.63.